The first-order chi connectivity index (χ1) is 15.2. The van der Waals surface area contributed by atoms with E-state index >= 15 is 0 Å². The van der Waals surface area contributed by atoms with E-state index < -0.39 is 0 Å². The molecular weight excluding hydrogens is 410 g/mol. The first-order valence-electron chi connectivity index (χ1n) is 10.8. The number of aryl methyl sites for hydroxylation is 1. The molecule has 0 unspecified atom stereocenters. The lowest BCUT2D eigenvalue weighted by Crippen LogP contribution is -2.31. The Morgan fingerprint density at radius 1 is 1.03 bits per heavy atom. The summed E-state index contributed by atoms with van der Waals surface area (Å²) in [5.41, 5.74) is 8.05. The van der Waals surface area contributed by atoms with Gasteiger partial charge in [-0.15, -0.1) is 10.2 Å². The van der Waals surface area contributed by atoms with Gasteiger partial charge in [0.05, 0.1) is 5.75 Å². The standard InChI is InChI=1S/C21H27N9S/c1-14-5-7-15(8-6-14)23-19-25-17(24-18(22)26-19)13-31-21-28-27-20(30(21)16-9-10-16)29-11-3-2-4-12-29/h5-8,16H,2-4,9-13H2,1H3,(H3,22,23,24,25,26). The van der Waals surface area contributed by atoms with E-state index in [1.54, 1.807) is 11.8 Å². The molecule has 5 rings (SSSR count). The summed E-state index contributed by atoms with van der Waals surface area (Å²) in [4.78, 5) is 15.5. The first-order valence-corrected chi connectivity index (χ1v) is 11.8. The molecule has 1 saturated carbocycles. The minimum Gasteiger partial charge on any atom is -0.368 e. The molecule has 162 valence electrons. The van der Waals surface area contributed by atoms with Gasteiger partial charge >= 0.3 is 0 Å². The van der Waals surface area contributed by atoms with E-state index in [-0.39, 0.29) is 5.95 Å². The first kappa shape index (κ1) is 20.0. The minimum atomic E-state index is 0.206. The van der Waals surface area contributed by atoms with Crippen LogP contribution < -0.4 is 16.0 Å². The SMILES string of the molecule is Cc1ccc(Nc2nc(N)nc(CSc3nnc(N4CCCCC4)n3C3CC3)n2)cc1. The third-order valence-electron chi connectivity index (χ3n) is 5.53. The van der Waals surface area contributed by atoms with Gasteiger partial charge in [-0.1, -0.05) is 29.5 Å². The molecule has 0 atom stereocenters. The van der Waals surface area contributed by atoms with Gasteiger partial charge in [0.1, 0.15) is 5.82 Å². The molecule has 2 fully saturated rings. The topological polar surface area (TPSA) is 111 Å². The van der Waals surface area contributed by atoms with Crippen molar-refractivity contribution in [3.05, 3.63) is 35.7 Å². The zero-order chi connectivity index (χ0) is 21.2. The van der Waals surface area contributed by atoms with Crippen LogP contribution in [0.15, 0.2) is 29.4 Å². The lowest BCUT2D eigenvalue weighted by molar-refractivity contribution is 0.548. The van der Waals surface area contributed by atoms with Crippen molar-refractivity contribution in [1.29, 1.82) is 0 Å². The van der Waals surface area contributed by atoms with E-state index in [0.717, 1.165) is 29.9 Å². The van der Waals surface area contributed by atoms with Gasteiger partial charge in [-0.3, -0.25) is 4.57 Å². The Bertz CT molecular complexity index is 1040. The van der Waals surface area contributed by atoms with Gasteiger partial charge in [0.25, 0.3) is 0 Å². The average molecular weight is 438 g/mol. The number of nitrogen functional groups attached to an aromatic ring is 1. The highest BCUT2D eigenvalue weighted by Crippen LogP contribution is 2.41. The molecule has 1 saturated heterocycles. The van der Waals surface area contributed by atoms with Crippen molar-refractivity contribution < 1.29 is 0 Å². The van der Waals surface area contributed by atoms with E-state index in [1.807, 2.05) is 24.3 Å². The van der Waals surface area contributed by atoms with Crippen LogP contribution >= 0.6 is 11.8 Å². The molecular formula is C21H27N9S. The normalized spacial score (nSPS) is 16.5. The summed E-state index contributed by atoms with van der Waals surface area (Å²) in [6, 6.07) is 8.56. The van der Waals surface area contributed by atoms with Crippen molar-refractivity contribution in [3.63, 3.8) is 0 Å². The maximum absolute atomic E-state index is 5.94. The van der Waals surface area contributed by atoms with Crippen molar-refractivity contribution in [2.24, 2.45) is 0 Å². The zero-order valence-electron chi connectivity index (χ0n) is 17.7. The fourth-order valence-corrected chi connectivity index (χ4v) is 4.64. The van der Waals surface area contributed by atoms with Crippen molar-refractivity contribution in [2.45, 2.75) is 56.0 Å². The summed E-state index contributed by atoms with van der Waals surface area (Å²) < 4.78 is 2.31. The molecule has 3 heterocycles. The van der Waals surface area contributed by atoms with Crippen LogP contribution in [0.2, 0.25) is 0 Å². The molecule has 0 amide bonds. The molecule has 0 spiro atoms. The van der Waals surface area contributed by atoms with Crippen molar-refractivity contribution in [1.82, 2.24) is 29.7 Å². The quantitative estimate of drug-likeness (QED) is 0.534. The number of hydrogen-bond acceptors (Lipinski definition) is 9. The molecule has 9 nitrogen and oxygen atoms in total. The summed E-state index contributed by atoms with van der Waals surface area (Å²) >= 11 is 1.61. The van der Waals surface area contributed by atoms with Gasteiger partial charge in [-0.2, -0.15) is 15.0 Å². The third kappa shape index (κ3) is 4.73. The summed E-state index contributed by atoms with van der Waals surface area (Å²) in [6.07, 6.45) is 6.13. The predicted molar refractivity (Wildman–Crippen MR) is 123 cm³/mol. The van der Waals surface area contributed by atoms with Gasteiger partial charge in [-0.25, -0.2) is 0 Å². The van der Waals surface area contributed by atoms with Gasteiger partial charge in [0.2, 0.25) is 17.8 Å². The number of piperidine rings is 1. The van der Waals surface area contributed by atoms with Gasteiger partial charge < -0.3 is 16.0 Å². The summed E-state index contributed by atoms with van der Waals surface area (Å²) in [7, 11) is 0. The Morgan fingerprint density at radius 2 is 1.81 bits per heavy atom. The van der Waals surface area contributed by atoms with E-state index in [0.29, 0.717) is 23.6 Å². The second-order valence-corrected chi connectivity index (χ2v) is 9.09. The third-order valence-corrected chi connectivity index (χ3v) is 6.47. The lowest BCUT2D eigenvalue weighted by atomic mass is 10.1. The van der Waals surface area contributed by atoms with E-state index in [4.69, 9.17) is 5.73 Å². The van der Waals surface area contributed by atoms with Crippen molar-refractivity contribution in [2.75, 3.05) is 29.0 Å². The fourth-order valence-electron chi connectivity index (χ4n) is 3.78. The second-order valence-electron chi connectivity index (χ2n) is 8.14. The van der Waals surface area contributed by atoms with Gasteiger partial charge in [-0.05, 0) is 51.2 Å². The molecule has 0 radical (unpaired) electrons. The van der Waals surface area contributed by atoms with E-state index in [9.17, 15) is 0 Å². The van der Waals surface area contributed by atoms with Crippen molar-refractivity contribution >= 4 is 35.3 Å². The molecule has 0 bridgehead atoms. The summed E-state index contributed by atoms with van der Waals surface area (Å²) in [5.74, 6) is 2.85. The Kier molecular flexibility index (Phi) is 5.63. The second kappa shape index (κ2) is 8.70. The molecule has 3 aromatic rings. The number of hydrogen-bond donors (Lipinski definition) is 2. The van der Waals surface area contributed by atoms with Crippen LogP contribution in [-0.2, 0) is 5.75 Å². The highest BCUT2D eigenvalue weighted by molar-refractivity contribution is 7.98. The molecule has 1 aliphatic carbocycles. The Morgan fingerprint density at radius 3 is 2.55 bits per heavy atom. The molecule has 2 aromatic heterocycles. The van der Waals surface area contributed by atoms with E-state index in [2.05, 4.69) is 46.9 Å². The number of benzene rings is 1. The highest BCUT2D eigenvalue weighted by Gasteiger charge is 2.32. The Hall–Kier alpha value is -2.88. The summed E-state index contributed by atoms with van der Waals surface area (Å²) in [6.45, 7) is 4.18. The number of nitrogens with zero attached hydrogens (tertiary/aromatic N) is 7. The number of nitrogens with two attached hydrogens (primary N) is 1. The number of nitrogens with one attached hydrogen (secondary N) is 1. The number of anilines is 4. The largest absolute Gasteiger partial charge is 0.368 e. The molecule has 10 heteroatoms. The van der Waals surface area contributed by atoms with Crippen LogP contribution in [0, 0.1) is 6.92 Å². The van der Waals surface area contributed by atoms with E-state index in [1.165, 1.54) is 37.7 Å². The summed E-state index contributed by atoms with van der Waals surface area (Å²) in [5, 5.41) is 13.2. The molecule has 2 aliphatic rings. The lowest BCUT2D eigenvalue weighted by Gasteiger charge is -2.27. The van der Waals surface area contributed by atoms with Gasteiger partial charge in [0, 0.05) is 24.8 Å². The van der Waals surface area contributed by atoms with Crippen LogP contribution in [0.5, 0.6) is 0 Å². The van der Waals surface area contributed by atoms with Crippen LogP contribution in [0.25, 0.3) is 0 Å². The number of rotatable bonds is 7. The fraction of sp³-hybridized carbons (Fsp3) is 0.476. The molecule has 1 aliphatic heterocycles. The van der Waals surface area contributed by atoms with Crippen LogP contribution in [0.4, 0.5) is 23.5 Å². The van der Waals surface area contributed by atoms with Gasteiger partial charge in [0.15, 0.2) is 5.16 Å². The monoisotopic (exact) mass is 437 g/mol. The molecule has 31 heavy (non-hydrogen) atoms. The van der Waals surface area contributed by atoms with Crippen molar-refractivity contribution in [3.8, 4) is 0 Å². The maximum atomic E-state index is 5.94. The smallest absolute Gasteiger partial charge is 0.232 e. The Balaban J connectivity index is 1.31. The Labute approximate surface area is 185 Å². The zero-order valence-corrected chi connectivity index (χ0v) is 18.5. The number of aromatic nitrogens is 6. The predicted octanol–water partition coefficient (Wildman–Crippen LogP) is 3.71. The maximum Gasteiger partial charge on any atom is 0.232 e. The number of thioether (sulfide) groups is 1. The molecule has 1 aromatic carbocycles. The van der Waals surface area contributed by atoms with Crippen LogP contribution in [0.1, 0.15) is 49.5 Å². The average Bonchev–Trinajstić information content (AvgIpc) is 3.53. The molecule has 3 N–H and O–H groups in total. The van der Waals surface area contributed by atoms with Crippen LogP contribution in [0.3, 0.4) is 0 Å². The minimum absolute atomic E-state index is 0.206. The van der Waals surface area contributed by atoms with Crippen LogP contribution in [-0.4, -0.2) is 42.8 Å². The highest BCUT2D eigenvalue weighted by atomic mass is 32.2.